The number of hydrogen-bond donors (Lipinski definition) is 4. The van der Waals surface area contributed by atoms with Crippen molar-refractivity contribution in [3.8, 4) is 0 Å². The number of hydrogen-bond acceptors (Lipinski definition) is 7. The van der Waals surface area contributed by atoms with Crippen LogP contribution in [0.1, 0.15) is 71.4 Å². The van der Waals surface area contributed by atoms with Gasteiger partial charge in [0.25, 0.3) is 10.1 Å². The molecule has 2 aromatic carbocycles. The van der Waals surface area contributed by atoms with Crippen molar-refractivity contribution in [1.82, 2.24) is 0 Å². The number of aliphatic hydroxyl groups excluding tert-OH is 2. The first-order valence-corrected chi connectivity index (χ1v) is 16.6. The van der Waals surface area contributed by atoms with E-state index in [9.17, 15) is 28.0 Å². The molecule has 2 aliphatic heterocycles. The number of rotatable bonds is 10. The van der Waals surface area contributed by atoms with Gasteiger partial charge in [-0.3, -0.25) is 9.35 Å². The molecule has 0 aromatic heterocycles. The van der Waals surface area contributed by atoms with Gasteiger partial charge in [-0.05, 0) is 61.2 Å². The maximum Gasteiger partial charge on any atom is 0.303 e. The third kappa shape index (κ3) is 5.33. The van der Waals surface area contributed by atoms with E-state index >= 15 is 0 Å². The molecule has 3 aliphatic rings. The van der Waals surface area contributed by atoms with Crippen molar-refractivity contribution >= 4 is 27.5 Å². The quantitative estimate of drug-likeness (QED) is 0.184. The highest BCUT2D eigenvalue weighted by molar-refractivity contribution is 7.85. The van der Waals surface area contributed by atoms with Gasteiger partial charge in [0.15, 0.2) is 0 Å². The minimum atomic E-state index is -4.42. The lowest BCUT2D eigenvalue weighted by Crippen LogP contribution is -2.38. The summed E-state index contributed by atoms with van der Waals surface area (Å²) in [5.41, 5.74) is 4.96. The Balaban J connectivity index is 1.51. The van der Waals surface area contributed by atoms with E-state index in [4.69, 9.17) is 5.11 Å². The second kappa shape index (κ2) is 11.4. The Morgan fingerprint density at radius 1 is 0.932 bits per heavy atom. The van der Waals surface area contributed by atoms with Crippen molar-refractivity contribution in [2.24, 2.45) is 5.92 Å². The summed E-state index contributed by atoms with van der Waals surface area (Å²) >= 11 is 0. The third-order valence-corrected chi connectivity index (χ3v) is 10.3. The van der Waals surface area contributed by atoms with Gasteiger partial charge in [0.05, 0.1) is 16.9 Å². The van der Waals surface area contributed by atoms with Crippen LogP contribution >= 0.6 is 0 Å². The first-order chi connectivity index (χ1) is 20.6. The van der Waals surface area contributed by atoms with Crippen molar-refractivity contribution in [3.05, 3.63) is 88.5 Å². The summed E-state index contributed by atoms with van der Waals surface area (Å²) < 4.78 is 33.6. The highest BCUT2D eigenvalue weighted by Crippen LogP contribution is 2.52. The molecule has 0 fully saturated rings. The van der Waals surface area contributed by atoms with E-state index in [2.05, 4.69) is 37.8 Å². The molecule has 2 aromatic rings. The smallest absolute Gasteiger partial charge is 0.303 e. The molecule has 10 heteroatoms. The lowest BCUT2D eigenvalue weighted by molar-refractivity contribution is -0.137. The lowest BCUT2D eigenvalue weighted by atomic mass is 9.75. The monoisotopic (exact) mass is 622 g/mol. The molecule has 236 valence electrons. The number of anilines is 2. The maximum atomic E-state index is 12.0. The van der Waals surface area contributed by atoms with Crippen LogP contribution in [0.2, 0.25) is 0 Å². The fourth-order valence-corrected chi connectivity index (χ4v) is 7.46. The molecule has 5 rings (SSSR count). The Morgan fingerprint density at radius 2 is 1.59 bits per heavy atom. The number of allylic oxidation sites excluding steroid dienone is 2. The zero-order chi connectivity index (χ0) is 32.2. The minimum Gasteiger partial charge on any atom is -0.511 e. The highest BCUT2D eigenvalue weighted by Gasteiger charge is 2.46. The number of nitrogens with zero attached hydrogens (tertiary/aromatic N) is 2. The molecule has 0 amide bonds. The van der Waals surface area contributed by atoms with Crippen molar-refractivity contribution in [1.29, 1.82) is 0 Å². The summed E-state index contributed by atoms with van der Waals surface area (Å²) in [6.07, 6.45) is 4.82. The number of unbranched alkanes of at least 4 members (excludes halogenated alkanes) is 2. The molecular weight excluding hydrogens is 580 g/mol. The third-order valence-electron chi connectivity index (χ3n) is 9.45. The number of likely N-dealkylation sites (N-methyl/N-ethyl adjacent to an activating group) is 1. The number of carboxylic acid groups (broad SMARTS) is 1. The van der Waals surface area contributed by atoms with Crippen LogP contribution in [0, 0.1) is 5.92 Å². The molecule has 4 N–H and O–H groups in total. The predicted octanol–water partition coefficient (Wildman–Crippen LogP) is 6.06. The van der Waals surface area contributed by atoms with Gasteiger partial charge in [0, 0.05) is 58.7 Å². The average molecular weight is 623 g/mol. The number of carboxylic acids is 1. The van der Waals surface area contributed by atoms with Crippen LogP contribution in [0.3, 0.4) is 0 Å². The van der Waals surface area contributed by atoms with E-state index in [1.807, 2.05) is 37.0 Å². The van der Waals surface area contributed by atoms with E-state index < -0.39 is 33.5 Å². The van der Waals surface area contributed by atoms with Gasteiger partial charge in [0.1, 0.15) is 5.76 Å². The normalized spacial score (nSPS) is 23.7. The van der Waals surface area contributed by atoms with Crippen LogP contribution in [0.25, 0.3) is 0 Å². The summed E-state index contributed by atoms with van der Waals surface area (Å²) in [5.74, 6) is -1.33. The number of carbonyl (C=O) groups is 1. The molecular formula is C34H42N2O7S. The SMILES string of the molecule is CCN1C(=CC2C(O)=C(C=C3N(CCCCCC(=O)O)c4ccc(S(=O)(=O)O)cc4C3(C)C)C2O)C(C)(C)c2ccccc21. The van der Waals surface area contributed by atoms with Gasteiger partial charge >= 0.3 is 5.97 Å². The molecule has 1 aliphatic carbocycles. The topological polar surface area (TPSA) is 139 Å². The lowest BCUT2D eigenvalue weighted by Gasteiger charge is -2.37. The summed E-state index contributed by atoms with van der Waals surface area (Å²) in [7, 11) is -4.42. The summed E-state index contributed by atoms with van der Waals surface area (Å²) in [6.45, 7) is 11.5. The molecule has 2 heterocycles. The zero-order valence-corrected chi connectivity index (χ0v) is 26.7. The van der Waals surface area contributed by atoms with Crippen molar-refractivity contribution in [3.63, 3.8) is 0 Å². The summed E-state index contributed by atoms with van der Waals surface area (Å²) in [5, 5.41) is 31.8. The Hall–Kier alpha value is -3.60. The Labute approximate surface area is 259 Å². The molecule has 0 saturated carbocycles. The largest absolute Gasteiger partial charge is 0.511 e. The average Bonchev–Trinajstić information content (AvgIpc) is 3.31. The molecule has 44 heavy (non-hydrogen) atoms. The van der Waals surface area contributed by atoms with Gasteiger partial charge < -0.3 is 25.1 Å². The second-order valence-corrected chi connectivity index (χ2v) is 14.3. The van der Waals surface area contributed by atoms with Crippen molar-refractivity contribution in [2.45, 2.75) is 82.1 Å². The first-order valence-electron chi connectivity index (χ1n) is 15.1. The predicted molar refractivity (Wildman–Crippen MR) is 171 cm³/mol. The van der Waals surface area contributed by atoms with E-state index in [0.717, 1.165) is 29.3 Å². The minimum absolute atomic E-state index is 0.0870. The van der Waals surface area contributed by atoms with Crippen LogP contribution in [0.4, 0.5) is 11.4 Å². The number of fused-ring (bicyclic) bond motifs is 2. The molecule has 2 unspecified atom stereocenters. The first kappa shape index (κ1) is 31.8. The van der Waals surface area contributed by atoms with Crippen LogP contribution in [-0.4, -0.2) is 53.5 Å². The number of aliphatic hydroxyl groups is 2. The van der Waals surface area contributed by atoms with Crippen molar-refractivity contribution < 1.29 is 33.1 Å². The highest BCUT2D eigenvalue weighted by atomic mass is 32.2. The fraction of sp³-hybridized carbons (Fsp3) is 0.441. The summed E-state index contributed by atoms with van der Waals surface area (Å²) in [6, 6.07) is 12.7. The molecule has 0 spiro atoms. The second-order valence-electron chi connectivity index (χ2n) is 12.9. The van der Waals surface area contributed by atoms with Crippen LogP contribution in [0.5, 0.6) is 0 Å². The Morgan fingerprint density at radius 3 is 2.23 bits per heavy atom. The molecule has 0 radical (unpaired) electrons. The Bertz CT molecular complexity index is 1690. The standard InChI is InChI=1S/C34H42N2O7S/c1-6-35-26-13-10-9-12-24(26)33(2,3)28(35)19-22-31(39)23(32(22)40)20-29-34(4,5)25-18-21(44(41,42)43)15-16-27(25)36(29)17-11-7-8-14-30(37)38/h9-10,12-13,15-16,18-20,22,31,39-40H,6-8,11,14,17H2,1-5H3,(H,37,38)(H,41,42,43). The molecule has 0 bridgehead atoms. The van der Waals surface area contributed by atoms with Gasteiger partial charge in [-0.15, -0.1) is 0 Å². The van der Waals surface area contributed by atoms with Gasteiger partial charge in [-0.2, -0.15) is 8.42 Å². The molecule has 9 nitrogen and oxygen atoms in total. The van der Waals surface area contributed by atoms with Gasteiger partial charge in [-0.25, -0.2) is 0 Å². The van der Waals surface area contributed by atoms with Crippen LogP contribution in [0.15, 0.2) is 82.2 Å². The molecule has 2 atom stereocenters. The number of aliphatic carboxylic acids is 1. The summed E-state index contributed by atoms with van der Waals surface area (Å²) in [4.78, 5) is 15.0. The van der Waals surface area contributed by atoms with E-state index in [-0.39, 0.29) is 22.5 Å². The van der Waals surface area contributed by atoms with Crippen LogP contribution in [-0.2, 0) is 25.7 Å². The molecule has 0 saturated heterocycles. The maximum absolute atomic E-state index is 12.0. The van der Waals surface area contributed by atoms with E-state index in [0.29, 0.717) is 36.9 Å². The van der Waals surface area contributed by atoms with Gasteiger partial charge in [-0.1, -0.05) is 58.4 Å². The number of para-hydroxylation sites is 1. The van der Waals surface area contributed by atoms with Gasteiger partial charge in [0.2, 0.25) is 0 Å². The van der Waals surface area contributed by atoms with E-state index in [1.54, 1.807) is 12.1 Å². The fourth-order valence-electron chi connectivity index (χ4n) is 6.96. The number of benzene rings is 2. The van der Waals surface area contributed by atoms with Crippen molar-refractivity contribution in [2.75, 3.05) is 22.9 Å². The van der Waals surface area contributed by atoms with E-state index in [1.165, 1.54) is 17.7 Å². The zero-order valence-electron chi connectivity index (χ0n) is 25.9. The van der Waals surface area contributed by atoms with Crippen LogP contribution < -0.4 is 9.80 Å². The Kier molecular flexibility index (Phi) is 8.24.